The summed E-state index contributed by atoms with van der Waals surface area (Å²) in [6, 6.07) is 12.6. The zero-order valence-electron chi connectivity index (χ0n) is 16.2. The molecular formula is C21H19BrN2O5S. The van der Waals surface area contributed by atoms with E-state index in [0.29, 0.717) is 21.6 Å². The van der Waals surface area contributed by atoms with Gasteiger partial charge in [-0.15, -0.1) is 0 Å². The highest BCUT2D eigenvalue weighted by molar-refractivity contribution is 9.10. The first-order chi connectivity index (χ1) is 14.4. The average molecular weight is 491 g/mol. The normalized spacial score (nSPS) is 17.1. The summed E-state index contributed by atoms with van der Waals surface area (Å²) in [6.07, 6.45) is 1.73. The largest absolute Gasteiger partial charge is 0.493 e. The van der Waals surface area contributed by atoms with E-state index in [0.717, 1.165) is 15.7 Å². The van der Waals surface area contributed by atoms with Crippen molar-refractivity contribution < 1.29 is 24.2 Å². The summed E-state index contributed by atoms with van der Waals surface area (Å²) in [7, 11) is 1.50. The predicted octanol–water partition coefficient (Wildman–Crippen LogP) is 4.45. The molecule has 2 aromatic rings. The minimum atomic E-state index is -0.930. The summed E-state index contributed by atoms with van der Waals surface area (Å²) in [5.74, 6) is -0.910. The Bertz CT molecular complexity index is 1020. The van der Waals surface area contributed by atoms with Crippen LogP contribution in [0.1, 0.15) is 12.5 Å². The number of amidine groups is 1. The highest BCUT2D eigenvalue weighted by atomic mass is 79.9. The average Bonchev–Trinajstić information content (AvgIpc) is 3.06. The van der Waals surface area contributed by atoms with Crippen LogP contribution in [0, 0.1) is 5.92 Å². The van der Waals surface area contributed by atoms with Gasteiger partial charge in [0.2, 0.25) is 0 Å². The maximum atomic E-state index is 12.3. The van der Waals surface area contributed by atoms with Gasteiger partial charge in [0.05, 0.1) is 23.6 Å². The van der Waals surface area contributed by atoms with Crippen molar-refractivity contribution in [3.8, 4) is 11.5 Å². The molecule has 30 heavy (non-hydrogen) atoms. The number of ether oxygens (including phenoxy) is 2. The second-order valence-corrected chi connectivity index (χ2v) is 8.37. The lowest BCUT2D eigenvalue weighted by Crippen LogP contribution is -2.19. The van der Waals surface area contributed by atoms with Gasteiger partial charge in [0.25, 0.3) is 5.91 Å². The van der Waals surface area contributed by atoms with Crippen molar-refractivity contribution in [2.24, 2.45) is 10.9 Å². The van der Waals surface area contributed by atoms with Crippen LogP contribution in [0.4, 0.5) is 5.69 Å². The van der Waals surface area contributed by atoms with Gasteiger partial charge >= 0.3 is 5.97 Å². The van der Waals surface area contributed by atoms with E-state index in [4.69, 9.17) is 14.6 Å². The smallest absolute Gasteiger partial charge is 0.309 e. The van der Waals surface area contributed by atoms with Crippen molar-refractivity contribution >= 4 is 56.5 Å². The fraction of sp³-hybridized carbons (Fsp3) is 0.190. The van der Waals surface area contributed by atoms with E-state index < -0.39 is 11.9 Å². The van der Waals surface area contributed by atoms with Gasteiger partial charge < -0.3 is 19.9 Å². The van der Waals surface area contributed by atoms with Crippen molar-refractivity contribution in [3.05, 3.63) is 57.4 Å². The van der Waals surface area contributed by atoms with E-state index in [1.807, 2.05) is 24.3 Å². The van der Waals surface area contributed by atoms with Crippen LogP contribution in [-0.4, -0.2) is 35.9 Å². The zero-order valence-corrected chi connectivity index (χ0v) is 18.6. The molecule has 1 amide bonds. The van der Waals surface area contributed by atoms with Gasteiger partial charge in [-0.3, -0.25) is 9.59 Å². The molecule has 156 valence electrons. The number of halogens is 1. The Morgan fingerprint density at radius 2 is 2.00 bits per heavy atom. The molecule has 1 saturated heterocycles. The number of aliphatic imine (C=N–C) groups is 1. The number of thioether (sulfide) groups is 1. The summed E-state index contributed by atoms with van der Waals surface area (Å²) in [5.41, 5.74) is 1.48. The molecule has 1 unspecified atom stereocenters. The summed E-state index contributed by atoms with van der Waals surface area (Å²) >= 11 is 4.63. The van der Waals surface area contributed by atoms with Gasteiger partial charge in [-0.2, -0.15) is 0 Å². The number of hydrogen-bond donors (Lipinski definition) is 2. The highest BCUT2D eigenvalue weighted by Gasteiger charge is 2.24. The predicted molar refractivity (Wildman–Crippen MR) is 120 cm³/mol. The second-order valence-electron chi connectivity index (χ2n) is 6.42. The van der Waals surface area contributed by atoms with Crippen LogP contribution in [0.5, 0.6) is 11.5 Å². The molecule has 7 nitrogen and oxygen atoms in total. The van der Waals surface area contributed by atoms with Gasteiger partial charge in [0.15, 0.2) is 16.7 Å². The molecule has 0 spiro atoms. The Morgan fingerprint density at radius 3 is 2.67 bits per heavy atom. The molecule has 9 heteroatoms. The van der Waals surface area contributed by atoms with Gasteiger partial charge in [0, 0.05) is 4.47 Å². The number of amides is 1. The number of carbonyl (C=O) groups is 2. The molecule has 1 fully saturated rings. The third-order valence-electron chi connectivity index (χ3n) is 4.10. The third-order valence-corrected chi connectivity index (χ3v) is 5.54. The SMILES string of the molecule is COc1cc(C=C2SC(=Nc3ccc(Br)cc3)NC2=O)ccc1OCC(C)C(=O)O. The maximum Gasteiger partial charge on any atom is 0.309 e. The second kappa shape index (κ2) is 9.82. The minimum absolute atomic E-state index is 0.0280. The summed E-state index contributed by atoms with van der Waals surface area (Å²) in [4.78, 5) is 28.2. The Morgan fingerprint density at radius 1 is 1.27 bits per heavy atom. The Labute approximate surface area is 186 Å². The first-order valence-corrected chi connectivity index (χ1v) is 10.6. The molecule has 1 aliphatic heterocycles. The molecule has 1 heterocycles. The fourth-order valence-electron chi connectivity index (χ4n) is 2.44. The Kier molecular flexibility index (Phi) is 7.17. The van der Waals surface area contributed by atoms with E-state index in [1.54, 1.807) is 31.2 Å². The topological polar surface area (TPSA) is 97.2 Å². The van der Waals surface area contributed by atoms with Gasteiger partial charge in [-0.05, 0) is 66.7 Å². The number of carboxylic acids is 1. The quantitative estimate of drug-likeness (QED) is 0.556. The monoisotopic (exact) mass is 490 g/mol. The van der Waals surface area contributed by atoms with Crippen LogP contribution in [0.3, 0.4) is 0 Å². The van der Waals surface area contributed by atoms with Crippen LogP contribution in [0.25, 0.3) is 6.08 Å². The van der Waals surface area contributed by atoms with E-state index in [-0.39, 0.29) is 12.5 Å². The lowest BCUT2D eigenvalue weighted by atomic mass is 10.1. The number of benzene rings is 2. The Hall–Kier alpha value is -2.78. The van der Waals surface area contributed by atoms with Gasteiger partial charge in [0.1, 0.15) is 6.61 Å². The van der Waals surface area contributed by atoms with Crippen molar-refractivity contribution in [3.63, 3.8) is 0 Å². The highest BCUT2D eigenvalue weighted by Crippen LogP contribution is 2.32. The molecule has 1 aliphatic rings. The first kappa shape index (κ1) is 21.9. The van der Waals surface area contributed by atoms with Crippen LogP contribution < -0.4 is 14.8 Å². The molecule has 0 bridgehead atoms. The zero-order chi connectivity index (χ0) is 21.7. The van der Waals surface area contributed by atoms with Crippen LogP contribution in [0.15, 0.2) is 56.8 Å². The van der Waals surface area contributed by atoms with Crippen molar-refractivity contribution in [2.75, 3.05) is 13.7 Å². The number of carbonyl (C=O) groups excluding carboxylic acids is 1. The molecule has 2 aromatic carbocycles. The van der Waals surface area contributed by atoms with Crippen LogP contribution in [0.2, 0.25) is 0 Å². The maximum absolute atomic E-state index is 12.3. The number of aliphatic carboxylic acids is 1. The number of hydrogen-bond acceptors (Lipinski definition) is 6. The standard InChI is InChI=1S/C21H19BrN2O5S/c1-12(20(26)27)11-29-16-8-3-13(9-17(16)28-2)10-18-19(25)24-21(30-18)23-15-6-4-14(22)5-7-15/h3-10,12H,11H2,1-2H3,(H,26,27)(H,23,24,25). The van der Waals surface area contributed by atoms with Gasteiger partial charge in [-0.25, -0.2) is 4.99 Å². The van der Waals surface area contributed by atoms with Crippen molar-refractivity contribution in [1.29, 1.82) is 0 Å². The molecule has 0 radical (unpaired) electrons. The molecular weight excluding hydrogens is 472 g/mol. The van der Waals surface area contributed by atoms with E-state index in [1.165, 1.54) is 18.9 Å². The van der Waals surface area contributed by atoms with Crippen LogP contribution in [-0.2, 0) is 9.59 Å². The molecule has 0 aromatic heterocycles. The van der Waals surface area contributed by atoms with Crippen LogP contribution >= 0.6 is 27.7 Å². The lowest BCUT2D eigenvalue weighted by molar-refractivity contribution is -0.142. The summed E-state index contributed by atoms with van der Waals surface area (Å²) < 4.78 is 11.9. The van der Waals surface area contributed by atoms with Crippen molar-refractivity contribution in [1.82, 2.24) is 5.32 Å². The molecule has 0 aliphatic carbocycles. The summed E-state index contributed by atoms with van der Waals surface area (Å²) in [5, 5.41) is 12.2. The van der Waals surface area contributed by atoms with Gasteiger partial charge in [-0.1, -0.05) is 22.0 Å². The Balaban J connectivity index is 1.75. The van der Waals surface area contributed by atoms with E-state index >= 15 is 0 Å². The lowest BCUT2D eigenvalue weighted by Gasteiger charge is -2.13. The van der Waals surface area contributed by atoms with Crippen molar-refractivity contribution in [2.45, 2.75) is 6.92 Å². The number of nitrogens with one attached hydrogen (secondary N) is 1. The fourth-order valence-corrected chi connectivity index (χ4v) is 3.55. The summed E-state index contributed by atoms with van der Waals surface area (Å²) in [6.45, 7) is 1.59. The number of nitrogens with zero attached hydrogens (tertiary/aromatic N) is 1. The number of methoxy groups -OCH3 is 1. The van der Waals surface area contributed by atoms with E-state index in [2.05, 4.69) is 26.2 Å². The molecule has 0 saturated carbocycles. The molecule has 3 rings (SSSR count). The molecule has 2 N–H and O–H groups in total. The third kappa shape index (κ3) is 5.64. The minimum Gasteiger partial charge on any atom is -0.493 e. The molecule has 1 atom stereocenters. The number of carboxylic acid groups (broad SMARTS) is 1. The first-order valence-electron chi connectivity index (χ1n) is 8.94. The number of rotatable bonds is 7. The van der Waals surface area contributed by atoms with E-state index in [9.17, 15) is 9.59 Å².